The van der Waals surface area contributed by atoms with Gasteiger partial charge in [-0.25, -0.2) is 0 Å². The second-order valence-corrected chi connectivity index (χ2v) is 9.33. The van der Waals surface area contributed by atoms with E-state index in [0.717, 1.165) is 17.8 Å². The molecule has 146 valence electrons. The highest BCUT2D eigenvalue weighted by molar-refractivity contribution is 5.96. The molecule has 1 amide bonds. The van der Waals surface area contributed by atoms with Crippen LogP contribution >= 0.6 is 0 Å². The van der Waals surface area contributed by atoms with E-state index in [2.05, 4.69) is 12.2 Å². The Kier molecular flexibility index (Phi) is 4.40. The van der Waals surface area contributed by atoms with Crippen LogP contribution in [0, 0.1) is 33.3 Å². The van der Waals surface area contributed by atoms with E-state index in [1.54, 1.807) is 31.1 Å². The van der Waals surface area contributed by atoms with E-state index < -0.39 is 4.92 Å². The number of rotatable bonds is 5. The quantitative estimate of drug-likeness (QED) is 0.627. The van der Waals surface area contributed by atoms with Gasteiger partial charge in [-0.15, -0.1) is 0 Å². The van der Waals surface area contributed by atoms with Gasteiger partial charge in [-0.2, -0.15) is 0 Å². The molecule has 4 fully saturated rings. The molecule has 4 aliphatic rings. The number of amides is 1. The highest BCUT2D eigenvalue weighted by Crippen LogP contribution is 2.61. The average molecular weight is 371 g/mol. The largest absolute Gasteiger partial charge is 0.372 e. The van der Waals surface area contributed by atoms with Crippen LogP contribution in [0.2, 0.25) is 0 Å². The second-order valence-electron chi connectivity index (χ2n) is 9.33. The van der Waals surface area contributed by atoms with Crippen molar-refractivity contribution >= 4 is 17.3 Å². The summed E-state index contributed by atoms with van der Waals surface area (Å²) in [4.78, 5) is 25.5. The minimum absolute atomic E-state index is 0.0323. The zero-order valence-corrected chi connectivity index (χ0v) is 16.4. The third-order valence-electron chi connectivity index (χ3n) is 7.27. The van der Waals surface area contributed by atoms with Gasteiger partial charge >= 0.3 is 0 Å². The summed E-state index contributed by atoms with van der Waals surface area (Å²) in [5.41, 5.74) is 1.06. The van der Waals surface area contributed by atoms with Crippen molar-refractivity contribution < 1.29 is 9.72 Å². The predicted octanol–water partition coefficient (Wildman–Crippen LogP) is 4.00. The van der Waals surface area contributed by atoms with Gasteiger partial charge in [0.2, 0.25) is 0 Å². The number of nitrogens with zero attached hydrogens (tertiary/aromatic N) is 2. The van der Waals surface area contributed by atoms with Crippen LogP contribution in [0.5, 0.6) is 0 Å². The van der Waals surface area contributed by atoms with Crippen molar-refractivity contribution in [2.24, 2.45) is 23.2 Å². The van der Waals surface area contributed by atoms with E-state index in [1.807, 2.05) is 0 Å². The fourth-order valence-corrected chi connectivity index (χ4v) is 6.33. The summed E-state index contributed by atoms with van der Waals surface area (Å²) in [6.45, 7) is 2.13. The number of carbonyl (C=O) groups excluding carboxylic acids is 1. The molecule has 4 aliphatic carbocycles. The molecule has 6 heteroatoms. The molecule has 1 atom stereocenters. The van der Waals surface area contributed by atoms with E-state index in [1.165, 1.54) is 44.6 Å². The van der Waals surface area contributed by atoms with Crippen molar-refractivity contribution in [3.8, 4) is 0 Å². The van der Waals surface area contributed by atoms with Crippen LogP contribution in [0.1, 0.15) is 55.8 Å². The number of carbonyl (C=O) groups is 1. The van der Waals surface area contributed by atoms with Crippen LogP contribution in [0.3, 0.4) is 0 Å². The zero-order valence-electron chi connectivity index (χ0n) is 16.4. The Morgan fingerprint density at radius 1 is 1.19 bits per heavy atom. The molecule has 0 heterocycles. The van der Waals surface area contributed by atoms with Crippen molar-refractivity contribution in [2.45, 2.75) is 51.5 Å². The molecule has 4 saturated carbocycles. The summed E-state index contributed by atoms with van der Waals surface area (Å²) in [5.74, 6) is 2.29. The lowest BCUT2D eigenvalue weighted by molar-refractivity contribution is -0.384. The maximum Gasteiger partial charge on any atom is 0.293 e. The molecule has 0 spiro atoms. The second kappa shape index (κ2) is 6.50. The van der Waals surface area contributed by atoms with Crippen LogP contribution in [-0.2, 0) is 0 Å². The van der Waals surface area contributed by atoms with Gasteiger partial charge in [0.15, 0.2) is 0 Å². The molecule has 27 heavy (non-hydrogen) atoms. The monoisotopic (exact) mass is 371 g/mol. The molecular weight excluding hydrogens is 342 g/mol. The molecule has 6 nitrogen and oxygen atoms in total. The summed E-state index contributed by atoms with van der Waals surface area (Å²) >= 11 is 0. The minimum atomic E-state index is -0.422. The Morgan fingerprint density at radius 3 is 2.22 bits per heavy atom. The highest BCUT2D eigenvalue weighted by Gasteiger charge is 2.53. The molecule has 0 unspecified atom stereocenters. The van der Waals surface area contributed by atoms with Crippen LogP contribution in [0.4, 0.5) is 11.4 Å². The molecule has 1 N–H and O–H groups in total. The predicted molar refractivity (Wildman–Crippen MR) is 105 cm³/mol. The number of nitro benzene ring substituents is 1. The lowest BCUT2D eigenvalue weighted by Gasteiger charge is -2.59. The first-order chi connectivity index (χ1) is 12.8. The van der Waals surface area contributed by atoms with Crippen molar-refractivity contribution in [1.82, 2.24) is 5.32 Å². The Labute approximate surface area is 160 Å². The van der Waals surface area contributed by atoms with Gasteiger partial charge in [-0.1, -0.05) is 0 Å². The average Bonchev–Trinajstić information content (AvgIpc) is 2.59. The van der Waals surface area contributed by atoms with Crippen LogP contribution in [0.25, 0.3) is 0 Å². The smallest absolute Gasteiger partial charge is 0.293 e. The normalized spacial score (nSPS) is 32.2. The number of anilines is 1. The van der Waals surface area contributed by atoms with Crippen molar-refractivity contribution in [3.05, 3.63) is 33.9 Å². The molecule has 1 aromatic rings. The van der Waals surface area contributed by atoms with E-state index in [0.29, 0.717) is 11.3 Å². The van der Waals surface area contributed by atoms with Crippen molar-refractivity contribution in [1.29, 1.82) is 0 Å². The Balaban J connectivity index is 1.52. The van der Waals surface area contributed by atoms with Gasteiger partial charge in [-0.05, 0) is 80.8 Å². The maximum absolute atomic E-state index is 12.9. The third kappa shape index (κ3) is 3.19. The number of nitro groups is 1. The molecule has 0 radical (unpaired) electrons. The Bertz CT molecular complexity index is 739. The van der Waals surface area contributed by atoms with Gasteiger partial charge in [0.05, 0.1) is 4.92 Å². The van der Waals surface area contributed by atoms with Crippen molar-refractivity contribution in [2.75, 3.05) is 19.0 Å². The van der Waals surface area contributed by atoms with E-state index in [4.69, 9.17) is 0 Å². The lowest BCUT2D eigenvalue weighted by atomic mass is 9.48. The molecule has 0 aliphatic heterocycles. The number of hydrogen-bond acceptors (Lipinski definition) is 4. The SMILES string of the molecule is C[C@H](NC(=O)c1ccc(N(C)C)c([N+](=O)[O-])c1)C12CC3CC(CC(C3)C1)C2. The summed E-state index contributed by atoms with van der Waals surface area (Å²) in [5, 5.41) is 14.6. The molecular formula is C21H29N3O3. The van der Waals surface area contributed by atoms with Crippen LogP contribution < -0.4 is 10.2 Å². The zero-order chi connectivity index (χ0) is 19.3. The highest BCUT2D eigenvalue weighted by atomic mass is 16.6. The van der Waals surface area contributed by atoms with Crippen molar-refractivity contribution in [3.63, 3.8) is 0 Å². The fraction of sp³-hybridized carbons (Fsp3) is 0.667. The van der Waals surface area contributed by atoms with E-state index in [-0.39, 0.29) is 23.1 Å². The third-order valence-corrected chi connectivity index (χ3v) is 7.27. The molecule has 4 bridgehead atoms. The summed E-state index contributed by atoms with van der Waals surface area (Å²) in [6.07, 6.45) is 7.79. The summed E-state index contributed by atoms with van der Waals surface area (Å²) in [6, 6.07) is 4.84. The van der Waals surface area contributed by atoms with Gasteiger partial charge in [-0.3, -0.25) is 14.9 Å². The summed E-state index contributed by atoms with van der Waals surface area (Å²) < 4.78 is 0. The first kappa shape index (κ1) is 18.3. The minimum Gasteiger partial charge on any atom is -0.372 e. The molecule has 1 aromatic carbocycles. The summed E-state index contributed by atoms with van der Waals surface area (Å²) in [7, 11) is 3.52. The van der Waals surface area contributed by atoms with Gasteiger partial charge in [0.1, 0.15) is 5.69 Å². The van der Waals surface area contributed by atoms with Crippen LogP contribution in [-0.4, -0.2) is 31.0 Å². The number of nitrogens with one attached hydrogen (secondary N) is 1. The molecule has 5 rings (SSSR count). The van der Waals surface area contributed by atoms with Gasteiger partial charge in [0, 0.05) is 31.8 Å². The maximum atomic E-state index is 12.9. The van der Waals surface area contributed by atoms with E-state index in [9.17, 15) is 14.9 Å². The van der Waals surface area contributed by atoms with Gasteiger partial charge < -0.3 is 10.2 Å². The molecule has 0 saturated heterocycles. The first-order valence-electron chi connectivity index (χ1n) is 10.0. The standard InChI is InChI=1S/C21H29N3O3/c1-13(21-10-14-6-15(11-21)8-16(7-14)12-21)22-20(25)17-4-5-18(23(2)3)19(9-17)24(26)27/h4-5,9,13-16H,6-8,10-12H2,1-3H3,(H,22,25)/t13-,14?,15?,16?,21?/m0/s1. The Morgan fingerprint density at radius 2 is 1.74 bits per heavy atom. The van der Waals surface area contributed by atoms with E-state index >= 15 is 0 Å². The topological polar surface area (TPSA) is 75.5 Å². The fourth-order valence-electron chi connectivity index (χ4n) is 6.33. The number of benzene rings is 1. The Hall–Kier alpha value is -2.11. The van der Waals surface area contributed by atoms with Gasteiger partial charge in [0.25, 0.3) is 11.6 Å². The number of hydrogen-bond donors (Lipinski definition) is 1. The molecule has 0 aromatic heterocycles. The first-order valence-corrected chi connectivity index (χ1v) is 10.0. The van der Waals surface area contributed by atoms with Crippen LogP contribution in [0.15, 0.2) is 18.2 Å². The lowest BCUT2D eigenvalue weighted by Crippen LogP contribution is -2.55.